The number of hydrogen-bond donors (Lipinski definition) is 0. The van der Waals surface area contributed by atoms with Crippen molar-refractivity contribution < 1.29 is 23.7 Å². The monoisotopic (exact) mass is 510 g/mol. The molecule has 0 aliphatic rings. The van der Waals surface area contributed by atoms with Gasteiger partial charge in [-0.05, 0) is 73.2 Å². The molecule has 4 aromatic rings. The topological polar surface area (TPSA) is 54.0 Å². The van der Waals surface area contributed by atoms with Gasteiger partial charge in [-0.15, -0.1) is 0 Å². The lowest BCUT2D eigenvalue weighted by Gasteiger charge is -2.13. The fourth-order valence-corrected chi connectivity index (χ4v) is 4.01. The smallest absolute Gasteiger partial charge is 0.395 e. The fraction of sp³-hybridized carbons (Fsp3) is 0.242. The first-order valence-electron chi connectivity index (χ1n) is 13.0. The maximum Gasteiger partial charge on any atom is 0.519 e. The molecule has 4 rings (SSSR count). The van der Waals surface area contributed by atoms with Gasteiger partial charge in [0.15, 0.2) is 0 Å². The Labute approximate surface area is 225 Å². The molecule has 196 valence electrons. The fourth-order valence-electron chi connectivity index (χ4n) is 4.01. The molecule has 2 unspecified atom stereocenters. The van der Waals surface area contributed by atoms with Gasteiger partial charge in [0.2, 0.25) is 0 Å². The van der Waals surface area contributed by atoms with Gasteiger partial charge in [-0.2, -0.15) is 0 Å². The molecule has 38 heavy (non-hydrogen) atoms. The zero-order valence-corrected chi connectivity index (χ0v) is 21.9. The maximum absolute atomic E-state index is 12.2. The van der Waals surface area contributed by atoms with Crippen LogP contribution in [0.2, 0.25) is 0 Å². The molecule has 0 aliphatic carbocycles. The summed E-state index contributed by atoms with van der Waals surface area (Å²) in [5.41, 5.74) is 4.52. The van der Waals surface area contributed by atoms with Crippen LogP contribution in [-0.4, -0.2) is 19.4 Å². The van der Waals surface area contributed by atoms with Crippen LogP contribution >= 0.6 is 0 Å². The summed E-state index contributed by atoms with van der Waals surface area (Å²) in [5.74, 6) is 0.859. The Morgan fingerprint density at radius 3 is 1.29 bits per heavy atom. The van der Waals surface area contributed by atoms with Crippen molar-refractivity contribution in [1.82, 2.24) is 0 Å². The normalized spacial score (nSPS) is 12.5. The summed E-state index contributed by atoms with van der Waals surface area (Å²) < 4.78 is 22.5. The van der Waals surface area contributed by atoms with Crippen LogP contribution in [-0.2, 0) is 22.3 Å². The molecular weight excluding hydrogens is 476 g/mol. The summed E-state index contributed by atoms with van der Waals surface area (Å²) >= 11 is 0. The third-order valence-electron chi connectivity index (χ3n) is 6.30. The van der Waals surface area contributed by atoms with Crippen molar-refractivity contribution in [3.63, 3.8) is 0 Å². The first kappa shape index (κ1) is 27.1. The van der Waals surface area contributed by atoms with E-state index in [0.29, 0.717) is 24.7 Å². The third-order valence-corrected chi connectivity index (χ3v) is 6.30. The van der Waals surface area contributed by atoms with Crippen molar-refractivity contribution in [3.05, 3.63) is 131 Å². The van der Waals surface area contributed by atoms with Gasteiger partial charge in [0.25, 0.3) is 0 Å². The molecule has 2 atom stereocenters. The lowest BCUT2D eigenvalue weighted by molar-refractivity contribution is 0.0680. The van der Waals surface area contributed by atoms with Crippen molar-refractivity contribution in [2.24, 2.45) is 0 Å². The Hall–Kier alpha value is -3.93. The van der Waals surface area contributed by atoms with Crippen LogP contribution in [0.15, 0.2) is 109 Å². The minimum absolute atomic E-state index is 0.0410. The summed E-state index contributed by atoms with van der Waals surface area (Å²) in [5, 5.41) is 0. The lowest BCUT2D eigenvalue weighted by atomic mass is 10.1. The van der Waals surface area contributed by atoms with Crippen molar-refractivity contribution in [3.8, 4) is 11.5 Å². The van der Waals surface area contributed by atoms with Crippen LogP contribution in [0, 0.1) is 0 Å². The molecule has 0 aromatic heterocycles. The van der Waals surface area contributed by atoms with Gasteiger partial charge in [0.05, 0.1) is 25.4 Å². The van der Waals surface area contributed by atoms with Crippen LogP contribution in [0.4, 0.5) is 4.79 Å². The van der Waals surface area contributed by atoms with Gasteiger partial charge < -0.3 is 18.9 Å². The Kier molecular flexibility index (Phi) is 10.1. The quantitative estimate of drug-likeness (QED) is 0.143. The lowest BCUT2D eigenvalue weighted by Crippen LogP contribution is -2.13. The zero-order valence-electron chi connectivity index (χ0n) is 21.9. The van der Waals surface area contributed by atoms with Crippen molar-refractivity contribution >= 4 is 6.16 Å². The molecule has 5 nitrogen and oxygen atoms in total. The van der Waals surface area contributed by atoms with E-state index in [2.05, 4.69) is 24.3 Å². The highest BCUT2D eigenvalue weighted by molar-refractivity contribution is 5.67. The predicted molar refractivity (Wildman–Crippen MR) is 149 cm³/mol. The number of benzene rings is 4. The second kappa shape index (κ2) is 14.1. The summed E-state index contributed by atoms with van der Waals surface area (Å²) in [4.78, 5) is 12.2. The van der Waals surface area contributed by atoms with Crippen LogP contribution in [0.3, 0.4) is 0 Å². The summed E-state index contributed by atoms with van der Waals surface area (Å²) in [6, 6.07) is 35.0. The molecule has 0 heterocycles. The molecular formula is C33H34O5. The molecule has 0 aliphatic heterocycles. The van der Waals surface area contributed by atoms with Crippen LogP contribution < -0.4 is 9.47 Å². The van der Waals surface area contributed by atoms with E-state index < -0.39 is 6.16 Å². The second-order valence-corrected chi connectivity index (χ2v) is 9.09. The first-order chi connectivity index (χ1) is 18.6. The van der Waals surface area contributed by atoms with E-state index >= 15 is 0 Å². The summed E-state index contributed by atoms with van der Waals surface area (Å²) in [7, 11) is 0. The number of carbonyl (C=O) groups is 1. The van der Waals surface area contributed by atoms with Crippen molar-refractivity contribution in [2.75, 3.05) is 13.2 Å². The Balaban J connectivity index is 1.16. The molecule has 0 bridgehead atoms. The predicted octanol–water partition coefficient (Wildman–Crippen LogP) is 7.91. The molecule has 0 spiro atoms. The minimum atomic E-state index is -0.773. The van der Waals surface area contributed by atoms with Gasteiger partial charge >= 0.3 is 6.16 Å². The van der Waals surface area contributed by atoms with E-state index in [-0.39, 0.29) is 12.2 Å². The molecule has 4 aromatic carbocycles. The standard InChI is InChI=1S/C33H34O5/c1-25(29-9-5-3-6-10-29)35-23-21-27-13-17-31(18-14-27)37-33(34)38-32-19-15-28(16-20-32)22-24-36-26(2)30-11-7-4-8-12-30/h3-20,25-26H,21-24H2,1-2H3. The number of rotatable bonds is 12. The zero-order chi connectivity index (χ0) is 26.6. The van der Waals surface area contributed by atoms with E-state index in [9.17, 15) is 4.79 Å². The summed E-state index contributed by atoms with van der Waals surface area (Å²) in [6.45, 7) is 5.31. The van der Waals surface area contributed by atoms with Crippen LogP contribution in [0.25, 0.3) is 0 Å². The van der Waals surface area contributed by atoms with E-state index in [1.807, 2.05) is 74.5 Å². The highest BCUT2D eigenvalue weighted by Gasteiger charge is 2.10. The van der Waals surface area contributed by atoms with Crippen LogP contribution in [0.1, 0.15) is 48.3 Å². The number of hydrogen-bond acceptors (Lipinski definition) is 5. The molecule has 5 heteroatoms. The van der Waals surface area contributed by atoms with Gasteiger partial charge in [-0.25, -0.2) is 4.79 Å². The number of ether oxygens (including phenoxy) is 4. The molecule has 0 saturated heterocycles. The van der Waals surface area contributed by atoms with Gasteiger partial charge in [0, 0.05) is 0 Å². The first-order valence-corrected chi connectivity index (χ1v) is 13.0. The highest BCUT2D eigenvalue weighted by atomic mass is 16.7. The second-order valence-electron chi connectivity index (χ2n) is 9.09. The number of carbonyl (C=O) groups excluding carboxylic acids is 1. The molecule has 0 amide bonds. The van der Waals surface area contributed by atoms with E-state index in [1.54, 1.807) is 24.3 Å². The molecule has 0 saturated carbocycles. The van der Waals surface area contributed by atoms with Gasteiger partial charge in [-0.3, -0.25) is 0 Å². The molecule has 0 radical (unpaired) electrons. The Bertz CT molecular complexity index is 1140. The largest absolute Gasteiger partial charge is 0.519 e. The maximum atomic E-state index is 12.2. The highest BCUT2D eigenvalue weighted by Crippen LogP contribution is 2.20. The van der Waals surface area contributed by atoms with E-state index in [4.69, 9.17) is 18.9 Å². The van der Waals surface area contributed by atoms with E-state index in [0.717, 1.165) is 35.1 Å². The Morgan fingerprint density at radius 1 is 0.553 bits per heavy atom. The average molecular weight is 511 g/mol. The summed E-state index contributed by atoms with van der Waals surface area (Å²) in [6.07, 6.45) is 0.846. The van der Waals surface area contributed by atoms with E-state index in [1.165, 1.54) is 0 Å². The van der Waals surface area contributed by atoms with Gasteiger partial charge in [-0.1, -0.05) is 84.9 Å². The average Bonchev–Trinajstić information content (AvgIpc) is 2.95. The van der Waals surface area contributed by atoms with Gasteiger partial charge in [0.1, 0.15) is 11.5 Å². The van der Waals surface area contributed by atoms with Crippen LogP contribution in [0.5, 0.6) is 11.5 Å². The molecule has 0 N–H and O–H groups in total. The minimum Gasteiger partial charge on any atom is -0.395 e. The van der Waals surface area contributed by atoms with Crippen molar-refractivity contribution in [2.45, 2.75) is 38.9 Å². The molecule has 0 fully saturated rings. The Morgan fingerprint density at radius 2 is 0.921 bits per heavy atom. The van der Waals surface area contributed by atoms with Crippen molar-refractivity contribution in [1.29, 1.82) is 0 Å². The third kappa shape index (κ3) is 8.58. The SMILES string of the molecule is CC(OCCc1ccc(OC(=O)Oc2ccc(CCOC(C)c3ccccc3)cc2)cc1)c1ccccc1.